The minimum atomic E-state index is -0.137. The molecule has 140 valence electrons. The van der Waals surface area contributed by atoms with Crippen LogP contribution in [0.4, 0.5) is 0 Å². The van der Waals surface area contributed by atoms with Gasteiger partial charge in [-0.25, -0.2) is 0 Å². The Morgan fingerprint density at radius 3 is 2.81 bits per heavy atom. The highest BCUT2D eigenvalue weighted by Gasteiger charge is 2.30. The first-order valence-electron chi connectivity index (χ1n) is 9.15. The van der Waals surface area contributed by atoms with Gasteiger partial charge in [-0.2, -0.15) is 0 Å². The molecule has 0 spiro atoms. The van der Waals surface area contributed by atoms with E-state index >= 15 is 0 Å². The lowest BCUT2D eigenvalue weighted by atomic mass is 10.1. The van der Waals surface area contributed by atoms with E-state index in [4.69, 9.17) is 9.47 Å². The van der Waals surface area contributed by atoms with Crippen LogP contribution in [0.25, 0.3) is 10.9 Å². The maximum atomic E-state index is 12.6. The van der Waals surface area contributed by atoms with Gasteiger partial charge in [0.25, 0.3) is 0 Å². The maximum absolute atomic E-state index is 12.6. The molecule has 0 radical (unpaired) electrons. The van der Waals surface area contributed by atoms with Crippen LogP contribution < -0.4 is 5.32 Å². The molecule has 0 saturated carbocycles. The standard InChI is InChI=1S/C20H26N2O4/c1-4-14-7-6-8-15-16(13(3)23)9-22(20(14)15)10-19(24)21-17-11-25-12-18(17)26-5-2/h6-9,17-18H,4-5,10-12H2,1-3H3,(H,21,24)/t17-,18-/m0/s1. The van der Waals surface area contributed by atoms with Crippen molar-refractivity contribution in [3.63, 3.8) is 0 Å². The Kier molecular flexibility index (Phi) is 5.74. The number of para-hydroxylation sites is 1. The zero-order valence-corrected chi connectivity index (χ0v) is 15.6. The monoisotopic (exact) mass is 358 g/mol. The number of amides is 1. The number of benzene rings is 1. The number of fused-ring (bicyclic) bond motifs is 1. The van der Waals surface area contributed by atoms with Crippen LogP contribution in [-0.2, 0) is 27.2 Å². The number of hydrogen-bond donors (Lipinski definition) is 1. The molecule has 2 aromatic rings. The average molecular weight is 358 g/mol. The van der Waals surface area contributed by atoms with Crippen molar-refractivity contribution in [2.24, 2.45) is 0 Å². The molecule has 6 heteroatoms. The van der Waals surface area contributed by atoms with Gasteiger partial charge in [0.05, 0.1) is 24.8 Å². The lowest BCUT2D eigenvalue weighted by Crippen LogP contribution is -2.45. The highest BCUT2D eigenvalue weighted by molar-refractivity contribution is 6.07. The Balaban J connectivity index is 1.84. The number of aromatic nitrogens is 1. The number of rotatable bonds is 7. The fraction of sp³-hybridized carbons (Fsp3) is 0.500. The molecule has 1 aromatic carbocycles. The van der Waals surface area contributed by atoms with Crippen LogP contribution in [0.3, 0.4) is 0 Å². The predicted molar refractivity (Wildman–Crippen MR) is 99.5 cm³/mol. The number of nitrogens with zero attached hydrogens (tertiary/aromatic N) is 1. The van der Waals surface area contributed by atoms with Gasteiger partial charge in [-0.3, -0.25) is 9.59 Å². The van der Waals surface area contributed by atoms with Crippen LogP contribution in [0.2, 0.25) is 0 Å². The number of carbonyl (C=O) groups excluding carboxylic acids is 2. The summed E-state index contributed by atoms with van der Waals surface area (Å²) >= 11 is 0. The van der Waals surface area contributed by atoms with Gasteiger partial charge in [-0.1, -0.05) is 25.1 Å². The third kappa shape index (κ3) is 3.66. The second kappa shape index (κ2) is 8.01. The van der Waals surface area contributed by atoms with Crippen LogP contribution in [0.1, 0.15) is 36.7 Å². The van der Waals surface area contributed by atoms with Crippen LogP contribution in [0.5, 0.6) is 0 Å². The quantitative estimate of drug-likeness (QED) is 0.771. The predicted octanol–water partition coefficient (Wildman–Crippen LogP) is 2.33. The van der Waals surface area contributed by atoms with Crippen LogP contribution in [0.15, 0.2) is 24.4 Å². The van der Waals surface area contributed by atoms with Crippen LogP contribution in [-0.4, -0.2) is 48.2 Å². The van der Waals surface area contributed by atoms with Gasteiger partial charge in [0.2, 0.25) is 5.91 Å². The Hall–Kier alpha value is -2.18. The second-order valence-corrected chi connectivity index (χ2v) is 6.60. The topological polar surface area (TPSA) is 69.6 Å². The second-order valence-electron chi connectivity index (χ2n) is 6.60. The van der Waals surface area contributed by atoms with Crippen molar-refractivity contribution in [1.82, 2.24) is 9.88 Å². The van der Waals surface area contributed by atoms with Gasteiger partial charge in [0.15, 0.2) is 5.78 Å². The summed E-state index contributed by atoms with van der Waals surface area (Å²) in [7, 11) is 0. The van der Waals surface area contributed by atoms with Gasteiger partial charge in [0.1, 0.15) is 12.6 Å². The molecule has 6 nitrogen and oxygen atoms in total. The third-order valence-corrected chi connectivity index (χ3v) is 4.81. The van der Waals surface area contributed by atoms with Crippen molar-refractivity contribution >= 4 is 22.6 Å². The number of nitrogens with one attached hydrogen (secondary N) is 1. The van der Waals surface area contributed by atoms with E-state index in [0.717, 1.165) is 22.9 Å². The number of Topliss-reactive ketones (excluding diaryl/α,β-unsaturated/α-hetero) is 1. The summed E-state index contributed by atoms with van der Waals surface area (Å²) in [4.78, 5) is 24.6. The van der Waals surface area contributed by atoms with E-state index in [2.05, 4.69) is 12.2 Å². The Labute approximate surface area is 153 Å². The van der Waals surface area contributed by atoms with E-state index in [9.17, 15) is 9.59 Å². The Morgan fingerprint density at radius 2 is 2.12 bits per heavy atom. The molecule has 0 aliphatic carbocycles. The van der Waals surface area contributed by atoms with Crippen LogP contribution >= 0.6 is 0 Å². The van der Waals surface area contributed by atoms with Crippen molar-refractivity contribution in [3.8, 4) is 0 Å². The number of ketones is 1. The van der Waals surface area contributed by atoms with Crippen molar-refractivity contribution in [1.29, 1.82) is 0 Å². The number of hydrogen-bond acceptors (Lipinski definition) is 4. The molecule has 1 amide bonds. The van der Waals surface area contributed by atoms with Gasteiger partial charge in [0, 0.05) is 23.8 Å². The largest absolute Gasteiger partial charge is 0.376 e. The van der Waals surface area contributed by atoms with E-state index in [-0.39, 0.29) is 30.4 Å². The van der Waals surface area contributed by atoms with E-state index < -0.39 is 0 Å². The minimum Gasteiger partial charge on any atom is -0.376 e. The molecule has 0 unspecified atom stereocenters. The Morgan fingerprint density at radius 1 is 1.31 bits per heavy atom. The van der Waals surface area contributed by atoms with Crippen molar-refractivity contribution in [3.05, 3.63) is 35.5 Å². The maximum Gasteiger partial charge on any atom is 0.240 e. The first kappa shape index (κ1) is 18.6. The molecule has 1 aromatic heterocycles. The molecule has 2 atom stereocenters. The van der Waals surface area contributed by atoms with Gasteiger partial charge >= 0.3 is 0 Å². The summed E-state index contributed by atoms with van der Waals surface area (Å²) in [6.07, 6.45) is 2.52. The normalized spacial score (nSPS) is 19.8. The van der Waals surface area contributed by atoms with E-state index in [1.165, 1.54) is 0 Å². The molecule has 2 heterocycles. The highest BCUT2D eigenvalue weighted by Crippen LogP contribution is 2.26. The van der Waals surface area contributed by atoms with Gasteiger partial charge in [-0.05, 0) is 25.8 Å². The van der Waals surface area contributed by atoms with E-state index in [1.54, 1.807) is 13.1 Å². The van der Waals surface area contributed by atoms with Gasteiger partial charge in [-0.15, -0.1) is 0 Å². The molecular formula is C20H26N2O4. The zero-order valence-electron chi connectivity index (χ0n) is 15.6. The SMILES string of the molecule is CCO[C@H]1COC[C@@H]1NC(=O)Cn1cc(C(C)=O)c2cccc(CC)c21. The summed E-state index contributed by atoms with van der Waals surface area (Å²) in [6.45, 7) is 7.27. The summed E-state index contributed by atoms with van der Waals surface area (Å²) in [5, 5.41) is 3.91. The molecule has 26 heavy (non-hydrogen) atoms. The summed E-state index contributed by atoms with van der Waals surface area (Å²) in [6, 6.07) is 5.80. The molecular weight excluding hydrogens is 332 g/mol. The first-order chi connectivity index (χ1) is 12.5. The average Bonchev–Trinajstić information content (AvgIpc) is 3.20. The molecule has 1 saturated heterocycles. The number of aryl methyl sites for hydroxylation is 1. The van der Waals surface area contributed by atoms with Crippen molar-refractivity contribution in [2.75, 3.05) is 19.8 Å². The lowest BCUT2D eigenvalue weighted by Gasteiger charge is -2.19. The third-order valence-electron chi connectivity index (χ3n) is 4.81. The number of ether oxygens (including phenoxy) is 2. The number of carbonyl (C=O) groups is 2. The lowest BCUT2D eigenvalue weighted by molar-refractivity contribution is -0.123. The Bertz CT molecular complexity index is 811. The zero-order chi connectivity index (χ0) is 18.7. The summed E-state index contributed by atoms with van der Waals surface area (Å²) in [5.41, 5.74) is 2.73. The molecule has 3 rings (SSSR count). The van der Waals surface area contributed by atoms with Crippen LogP contribution in [0, 0.1) is 0 Å². The van der Waals surface area contributed by atoms with Crippen molar-refractivity contribution in [2.45, 2.75) is 45.9 Å². The molecule has 0 bridgehead atoms. The smallest absolute Gasteiger partial charge is 0.240 e. The highest BCUT2D eigenvalue weighted by atomic mass is 16.5. The fourth-order valence-electron chi connectivity index (χ4n) is 3.58. The fourth-order valence-corrected chi connectivity index (χ4v) is 3.58. The van der Waals surface area contributed by atoms with Crippen molar-refractivity contribution < 1.29 is 19.1 Å². The van der Waals surface area contributed by atoms with Gasteiger partial charge < -0.3 is 19.4 Å². The molecule has 1 N–H and O–H groups in total. The summed E-state index contributed by atoms with van der Waals surface area (Å²) in [5.74, 6) is -0.105. The molecule has 1 fully saturated rings. The molecule has 1 aliphatic rings. The summed E-state index contributed by atoms with van der Waals surface area (Å²) < 4.78 is 12.9. The minimum absolute atomic E-state index is 0.00279. The van der Waals surface area contributed by atoms with E-state index in [1.807, 2.05) is 29.7 Å². The molecule has 1 aliphatic heterocycles. The first-order valence-corrected chi connectivity index (χ1v) is 9.15. The van der Waals surface area contributed by atoms with E-state index in [0.29, 0.717) is 25.4 Å².